The molecule has 0 aliphatic rings. The summed E-state index contributed by atoms with van der Waals surface area (Å²) in [7, 11) is 0. The van der Waals surface area contributed by atoms with Crippen molar-refractivity contribution >= 4 is 38.4 Å². The molecule has 0 aliphatic heterocycles. The Labute approximate surface area is 135 Å². The van der Waals surface area contributed by atoms with Gasteiger partial charge in [0.15, 0.2) is 5.52 Å². The average molecular weight is 364 g/mol. The summed E-state index contributed by atoms with van der Waals surface area (Å²) in [5.74, 6) is 0.385. The third-order valence-electron chi connectivity index (χ3n) is 3.35. The minimum absolute atomic E-state index is 0.0777. The minimum atomic E-state index is 0.0777. The fraction of sp³-hybridized carbons (Fsp3) is 0.125. The third kappa shape index (κ3) is 2.61. The van der Waals surface area contributed by atoms with Gasteiger partial charge in [-0.2, -0.15) is 0 Å². The molecule has 0 amide bonds. The number of rotatable bonds is 2. The standard InChI is InChI=1S/C16H12BrClN2O/c1-10-2-4-11(5-3-10)16-13-8-12(17)6-7-14(13)19-15(9-18)20(16)21/h2-8H,9H2,1H3. The van der Waals surface area contributed by atoms with Gasteiger partial charge in [0, 0.05) is 10.0 Å². The zero-order valence-electron chi connectivity index (χ0n) is 11.3. The summed E-state index contributed by atoms with van der Waals surface area (Å²) in [6.07, 6.45) is 0. The van der Waals surface area contributed by atoms with Gasteiger partial charge in [0.1, 0.15) is 11.6 Å². The van der Waals surface area contributed by atoms with E-state index in [2.05, 4.69) is 20.9 Å². The van der Waals surface area contributed by atoms with Crippen LogP contribution in [0.15, 0.2) is 46.9 Å². The maximum Gasteiger partial charge on any atom is 0.317 e. The van der Waals surface area contributed by atoms with Gasteiger partial charge in [0.25, 0.3) is 0 Å². The minimum Gasteiger partial charge on any atom is -0.710 e. The Morgan fingerprint density at radius 3 is 2.57 bits per heavy atom. The number of alkyl halides is 1. The molecule has 0 N–H and O–H groups in total. The summed E-state index contributed by atoms with van der Waals surface area (Å²) in [5, 5.41) is 13.4. The number of benzene rings is 2. The van der Waals surface area contributed by atoms with Crippen molar-refractivity contribution in [2.45, 2.75) is 12.8 Å². The SMILES string of the molecule is Cc1ccc(-c2c3cc(Br)ccc3nc(CCl)[n+]2[O-])cc1. The summed E-state index contributed by atoms with van der Waals surface area (Å²) in [6.45, 7) is 2.01. The van der Waals surface area contributed by atoms with E-state index < -0.39 is 0 Å². The molecule has 3 nitrogen and oxygen atoms in total. The van der Waals surface area contributed by atoms with Crippen LogP contribution in [0, 0.1) is 12.1 Å². The van der Waals surface area contributed by atoms with Crippen LogP contribution in [0.4, 0.5) is 0 Å². The van der Waals surface area contributed by atoms with Crippen molar-refractivity contribution in [1.82, 2.24) is 4.98 Å². The summed E-state index contributed by atoms with van der Waals surface area (Å²) in [4.78, 5) is 4.34. The van der Waals surface area contributed by atoms with Gasteiger partial charge >= 0.3 is 5.82 Å². The second-order valence-electron chi connectivity index (χ2n) is 4.83. The first-order valence-electron chi connectivity index (χ1n) is 6.45. The highest BCUT2D eigenvalue weighted by Gasteiger charge is 2.19. The molecule has 1 heterocycles. The number of nitrogens with zero attached hydrogens (tertiary/aromatic N) is 2. The van der Waals surface area contributed by atoms with Crippen LogP contribution in [0.5, 0.6) is 0 Å². The van der Waals surface area contributed by atoms with Crippen molar-refractivity contribution in [3.63, 3.8) is 0 Å². The maximum atomic E-state index is 12.6. The van der Waals surface area contributed by atoms with Gasteiger partial charge in [-0.25, -0.2) is 4.73 Å². The molecular formula is C16H12BrClN2O. The van der Waals surface area contributed by atoms with Crippen molar-refractivity contribution in [2.75, 3.05) is 0 Å². The molecule has 0 aliphatic carbocycles. The van der Waals surface area contributed by atoms with Gasteiger partial charge in [-0.1, -0.05) is 45.8 Å². The molecule has 0 bridgehead atoms. The summed E-state index contributed by atoms with van der Waals surface area (Å²) in [6, 6.07) is 13.5. The highest BCUT2D eigenvalue weighted by molar-refractivity contribution is 9.10. The smallest absolute Gasteiger partial charge is 0.317 e. The molecule has 1 aromatic heterocycles. The van der Waals surface area contributed by atoms with E-state index in [1.54, 1.807) is 0 Å². The van der Waals surface area contributed by atoms with Gasteiger partial charge < -0.3 is 5.21 Å². The summed E-state index contributed by atoms with van der Waals surface area (Å²) in [5.41, 5.74) is 3.34. The molecule has 0 spiro atoms. The van der Waals surface area contributed by atoms with Crippen LogP contribution >= 0.6 is 27.5 Å². The average Bonchev–Trinajstić information content (AvgIpc) is 2.48. The van der Waals surface area contributed by atoms with E-state index in [9.17, 15) is 5.21 Å². The number of hydrogen-bond donors (Lipinski definition) is 0. The second kappa shape index (κ2) is 5.62. The molecule has 0 radical (unpaired) electrons. The highest BCUT2D eigenvalue weighted by atomic mass is 79.9. The molecule has 2 aromatic carbocycles. The Morgan fingerprint density at radius 1 is 1.19 bits per heavy atom. The van der Waals surface area contributed by atoms with Crippen LogP contribution in [0.1, 0.15) is 11.4 Å². The first kappa shape index (κ1) is 14.3. The van der Waals surface area contributed by atoms with Crippen LogP contribution in [0.3, 0.4) is 0 Å². The molecule has 3 aromatic rings. The monoisotopic (exact) mass is 362 g/mol. The quantitative estimate of drug-likeness (QED) is 0.386. The van der Waals surface area contributed by atoms with Crippen LogP contribution in [-0.2, 0) is 5.88 Å². The first-order chi connectivity index (χ1) is 10.1. The lowest BCUT2D eigenvalue weighted by atomic mass is 10.0. The number of fused-ring (bicyclic) bond motifs is 1. The van der Waals surface area contributed by atoms with Crippen LogP contribution < -0.4 is 4.73 Å². The predicted molar refractivity (Wildman–Crippen MR) is 88.1 cm³/mol. The van der Waals surface area contributed by atoms with Crippen molar-refractivity contribution in [2.24, 2.45) is 0 Å². The van der Waals surface area contributed by atoms with Crippen molar-refractivity contribution < 1.29 is 4.73 Å². The van der Waals surface area contributed by atoms with E-state index in [-0.39, 0.29) is 5.88 Å². The summed E-state index contributed by atoms with van der Waals surface area (Å²) >= 11 is 9.30. The van der Waals surface area contributed by atoms with Crippen molar-refractivity contribution in [3.8, 4) is 11.3 Å². The van der Waals surface area contributed by atoms with E-state index in [1.807, 2.05) is 49.4 Å². The van der Waals surface area contributed by atoms with Gasteiger partial charge in [0.2, 0.25) is 0 Å². The largest absolute Gasteiger partial charge is 0.710 e. The van der Waals surface area contributed by atoms with Gasteiger partial charge in [-0.3, -0.25) is 0 Å². The number of hydrogen-bond acceptors (Lipinski definition) is 2. The molecule has 0 saturated heterocycles. The van der Waals surface area contributed by atoms with E-state index in [0.717, 1.165) is 31.2 Å². The van der Waals surface area contributed by atoms with E-state index >= 15 is 0 Å². The van der Waals surface area contributed by atoms with Gasteiger partial charge in [-0.15, -0.1) is 11.6 Å². The second-order valence-corrected chi connectivity index (χ2v) is 6.02. The normalized spacial score (nSPS) is 11.0. The first-order valence-corrected chi connectivity index (χ1v) is 7.77. The van der Waals surface area contributed by atoms with E-state index in [4.69, 9.17) is 11.6 Å². The lowest BCUT2D eigenvalue weighted by Gasteiger charge is -2.14. The van der Waals surface area contributed by atoms with Crippen LogP contribution in [0.25, 0.3) is 22.2 Å². The lowest BCUT2D eigenvalue weighted by molar-refractivity contribution is -0.603. The highest BCUT2D eigenvalue weighted by Crippen LogP contribution is 2.28. The zero-order chi connectivity index (χ0) is 15.0. The zero-order valence-corrected chi connectivity index (χ0v) is 13.6. The number of aromatic nitrogens is 2. The van der Waals surface area contributed by atoms with Gasteiger partial charge in [-0.05, 0) is 30.1 Å². The fourth-order valence-electron chi connectivity index (χ4n) is 2.29. The molecule has 0 unspecified atom stereocenters. The maximum absolute atomic E-state index is 12.6. The Hall–Kier alpha value is -1.65. The summed E-state index contributed by atoms with van der Waals surface area (Å²) < 4.78 is 1.73. The Balaban J connectivity index is 2.39. The molecule has 106 valence electrons. The molecule has 5 heteroatoms. The lowest BCUT2D eigenvalue weighted by Crippen LogP contribution is -2.35. The molecule has 3 rings (SSSR count). The van der Waals surface area contributed by atoms with Crippen LogP contribution in [0.2, 0.25) is 0 Å². The molecule has 0 atom stereocenters. The topological polar surface area (TPSA) is 39.8 Å². The van der Waals surface area contributed by atoms with Gasteiger partial charge in [0.05, 0.1) is 5.39 Å². The molecule has 21 heavy (non-hydrogen) atoms. The number of halogens is 2. The Kier molecular flexibility index (Phi) is 3.83. The molecular weight excluding hydrogens is 352 g/mol. The van der Waals surface area contributed by atoms with Crippen molar-refractivity contribution in [3.05, 3.63) is 63.5 Å². The fourth-order valence-corrected chi connectivity index (χ4v) is 2.82. The number of aryl methyl sites for hydroxylation is 1. The van der Waals surface area contributed by atoms with E-state index in [0.29, 0.717) is 11.5 Å². The third-order valence-corrected chi connectivity index (χ3v) is 4.08. The molecule has 0 saturated carbocycles. The van der Waals surface area contributed by atoms with Crippen LogP contribution in [-0.4, -0.2) is 4.98 Å². The Morgan fingerprint density at radius 2 is 1.90 bits per heavy atom. The predicted octanol–water partition coefficient (Wildman–Crippen LogP) is 4.34. The molecule has 0 fully saturated rings. The van der Waals surface area contributed by atoms with Crippen molar-refractivity contribution in [1.29, 1.82) is 0 Å². The van der Waals surface area contributed by atoms with E-state index in [1.165, 1.54) is 0 Å². The Bertz CT molecular complexity index is 819.